The van der Waals surface area contributed by atoms with Gasteiger partial charge in [-0.15, -0.1) is 0 Å². The van der Waals surface area contributed by atoms with E-state index in [-0.39, 0.29) is 5.91 Å². The Morgan fingerprint density at radius 3 is 2.33 bits per heavy atom. The van der Waals surface area contributed by atoms with Gasteiger partial charge in [-0.25, -0.2) is 0 Å². The van der Waals surface area contributed by atoms with Gasteiger partial charge in [0.15, 0.2) is 0 Å². The van der Waals surface area contributed by atoms with Gasteiger partial charge in [-0.05, 0) is 55.3 Å². The van der Waals surface area contributed by atoms with Gasteiger partial charge in [0, 0.05) is 15.7 Å². The van der Waals surface area contributed by atoms with Crippen molar-refractivity contribution in [1.82, 2.24) is 0 Å². The molecule has 0 bridgehead atoms. The van der Waals surface area contributed by atoms with E-state index < -0.39 is 0 Å². The van der Waals surface area contributed by atoms with Crippen LogP contribution >= 0.6 is 15.9 Å². The van der Waals surface area contributed by atoms with Crippen molar-refractivity contribution in [2.75, 3.05) is 5.32 Å². The van der Waals surface area contributed by atoms with Gasteiger partial charge in [0.25, 0.3) is 5.91 Å². The molecular formula is C16H15BrN2O2. The zero-order valence-electron chi connectivity index (χ0n) is 11.7. The van der Waals surface area contributed by atoms with Gasteiger partial charge in [-0.1, -0.05) is 33.2 Å². The molecule has 0 saturated carbocycles. The highest BCUT2D eigenvalue weighted by atomic mass is 79.9. The zero-order valence-corrected chi connectivity index (χ0v) is 13.3. The third-order valence-corrected chi connectivity index (χ3v) is 4.02. The smallest absolute Gasteiger partial charge is 0.255 e. The summed E-state index contributed by atoms with van der Waals surface area (Å²) in [6.45, 7) is 3.64. The Morgan fingerprint density at radius 1 is 1.14 bits per heavy atom. The van der Waals surface area contributed by atoms with Crippen LogP contribution in [-0.4, -0.2) is 16.8 Å². The topological polar surface area (TPSA) is 61.7 Å². The average molecular weight is 347 g/mol. The van der Waals surface area contributed by atoms with Crippen LogP contribution in [0.2, 0.25) is 0 Å². The predicted molar refractivity (Wildman–Crippen MR) is 87.3 cm³/mol. The van der Waals surface area contributed by atoms with Crippen molar-refractivity contribution in [1.29, 1.82) is 0 Å². The normalized spacial score (nSPS) is 11.3. The van der Waals surface area contributed by atoms with Crippen LogP contribution in [0.3, 0.4) is 0 Å². The number of nitrogens with zero attached hydrogens (tertiary/aromatic N) is 1. The molecule has 0 fully saturated rings. The van der Waals surface area contributed by atoms with Gasteiger partial charge in [-0.2, -0.15) is 0 Å². The average Bonchev–Trinajstić information content (AvgIpc) is 2.50. The Kier molecular flexibility index (Phi) is 4.75. The number of hydrogen-bond acceptors (Lipinski definition) is 3. The number of hydrogen-bond donors (Lipinski definition) is 2. The van der Waals surface area contributed by atoms with E-state index in [0.29, 0.717) is 17.0 Å². The minimum absolute atomic E-state index is 0.161. The van der Waals surface area contributed by atoms with E-state index in [1.165, 1.54) is 0 Å². The van der Waals surface area contributed by atoms with Gasteiger partial charge in [0.2, 0.25) is 0 Å². The van der Waals surface area contributed by atoms with E-state index in [1.807, 2.05) is 19.1 Å². The van der Waals surface area contributed by atoms with Crippen molar-refractivity contribution in [3.8, 4) is 0 Å². The maximum atomic E-state index is 12.2. The van der Waals surface area contributed by atoms with E-state index >= 15 is 0 Å². The minimum atomic E-state index is -0.161. The summed E-state index contributed by atoms with van der Waals surface area (Å²) in [5.74, 6) is -0.161. The zero-order chi connectivity index (χ0) is 15.4. The molecule has 2 N–H and O–H groups in total. The Hall–Kier alpha value is -2.14. The summed E-state index contributed by atoms with van der Waals surface area (Å²) in [4.78, 5) is 12.2. The first kappa shape index (κ1) is 15.3. The van der Waals surface area contributed by atoms with Gasteiger partial charge in [-0.3, -0.25) is 4.79 Å². The van der Waals surface area contributed by atoms with Crippen LogP contribution in [0.4, 0.5) is 5.69 Å². The van der Waals surface area contributed by atoms with Crippen LogP contribution in [0, 0.1) is 6.92 Å². The molecule has 0 aliphatic rings. The number of nitrogens with one attached hydrogen (secondary N) is 1. The molecule has 0 aliphatic heterocycles. The van der Waals surface area contributed by atoms with Crippen LogP contribution in [-0.2, 0) is 0 Å². The highest BCUT2D eigenvalue weighted by molar-refractivity contribution is 9.10. The number of benzene rings is 2. The summed E-state index contributed by atoms with van der Waals surface area (Å²) in [5, 5.41) is 14.7. The molecule has 0 aliphatic carbocycles. The van der Waals surface area contributed by atoms with Crippen molar-refractivity contribution in [2.45, 2.75) is 13.8 Å². The lowest BCUT2D eigenvalue weighted by atomic mass is 10.1. The highest BCUT2D eigenvalue weighted by Crippen LogP contribution is 2.18. The molecule has 2 rings (SSSR count). The van der Waals surface area contributed by atoms with Crippen molar-refractivity contribution >= 4 is 33.2 Å². The molecule has 0 heterocycles. The fraction of sp³-hybridized carbons (Fsp3) is 0.125. The first-order valence-electron chi connectivity index (χ1n) is 6.38. The van der Waals surface area contributed by atoms with Crippen molar-refractivity contribution < 1.29 is 10.0 Å². The van der Waals surface area contributed by atoms with Crippen molar-refractivity contribution in [2.24, 2.45) is 5.16 Å². The number of oxime groups is 1. The van der Waals surface area contributed by atoms with Crippen LogP contribution in [0.15, 0.2) is 52.1 Å². The first-order valence-corrected chi connectivity index (χ1v) is 7.17. The maximum Gasteiger partial charge on any atom is 0.255 e. The second-order valence-corrected chi connectivity index (χ2v) is 5.54. The number of halogens is 1. The number of rotatable bonds is 3. The van der Waals surface area contributed by atoms with E-state index in [0.717, 1.165) is 15.6 Å². The highest BCUT2D eigenvalue weighted by Gasteiger charge is 2.08. The van der Waals surface area contributed by atoms with E-state index in [2.05, 4.69) is 26.4 Å². The Bertz CT molecular complexity index is 694. The summed E-state index contributed by atoms with van der Waals surface area (Å²) in [6, 6.07) is 12.6. The molecule has 108 valence electrons. The summed E-state index contributed by atoms with van der Waals surface area (Å²) in [5.41, 5.74) is 3.63. The van der Waals surface area contributed by atoms with Crippen molar-refractivity contribution in [3.05, 3.63) is 63.6 Å². The molecule has 0 spiro atoms. The largest absolute Gasteiger partial charge is 0.411 e. The Morgan fingerprint density at radius 2 is 1.76 bits per heavy atom. The van der Waals surface area contributed by atoms with Crippen LogP contribution in [0.1, 0.15) is 28.4 Å². The van der Waals surface area contributed by atoms with Gasteiger partial charge in [0.05, 0.1) is 5.71 Å². The molecular weight excluding hydrogens is 332 g/mol. The van der Waals surface area contributed by atoms with Gasteiger partial charge >= 0.3 is 0 Å². The summed E-state index contributed by atoms with van der Waals surface area (Å²) >= 11 is 3.41. The molecule has 4 nitrogen and oxygen atoms in total. The lowest BCUT2D eigenvalue weighted by molar-refractivity contribution is 0.102. The third kappa shape index (κ3) is 3.70. The van der Waals surface area contributed by atoms with Crippen LogP contribution < -0.4 is 5.32 Å². The molecule has 0 radical (unpaired) electrons. The molecule has 0 saturated heterocycles. The number of carbonyl (C=O) groups excluding carboxylic acids is 1. The number of carbonyl (C=O) groups is 1. The summed E-state index contributed by atoms with van der Waals surface area (Å²) in [6.07, 6.45) is 0. The van der Waals surface area contributed by atoms with E-state index in [9.17, 15) is 4.79 Å². The molecule has 21 heavy (non-hydrogen) atoms. The third-order valence-electron chi connectivity index (χ3n) is 3.13. The first-order chi connectivity index (χ1) is 10.0. The van der Waals surface area contributed by atoms with E-state index in [1.54, 1.807) is 37.3 Å². The standard InChI is InChI=1S/C16H15BrN2O2/c1-10-9-13(5-8-15(10)17)16(20)18-14-6-3-12(4-7-14)11(2)19-21/h3-9,21H,1-2H3,(H,18,20)/b19-11-. The van der Waals surface area contributed by atoms with Crippen LogP contribution in [0.25, 0.3) is 0 Å². The molecule has 0 aromatic heterocycles. The quantitative estimate of drug-likeness (QED) is 0.496. The number of aryl methyl sites for hydroxylation is 1. The summed E-state index contributed by atoms with van der Waals surface area (Å²) in [7, 11) is 0. The minimum Gasteiger partial charge on any atom is -0.411 e. The molecule has 2 aromatic carbocycles. The molecule has 2 aromatic rings. The predicted octanol–water partition coefficient (Wildman–Crippen LogP) is 4.21. The van der Waals surface area contributed by atoms with Crippen LogP contribution in [0.5, 0.6) is 0 Å². The fourth-order valence-electron chi connectivity index (χ4n) is 1.84. The fourth-order valence-corrected chi connectivity index (χ4v) is 2.09. The summed E-state index contributed by atoms with van der Waals surface area (Å²) < 4.78 is 0.974. The Labute approximate surface area is 131 Å². The van der Waals surface area contributed by atoms with Gasteiger partial charge in [0.1, 0.15) is 0 Å². The SMILES string of the molecule is C/C(=N/O)c1ccc(NC(=O)c2ccc(Br)c(C)c2)cc1. The molecule has 5 heteroatoms. The lowest BCUT2D eigenvalue weighted by Crippen LogP contribution is -2.12. The Balaban J connectivity index is 2.14. The lowest BCUT2D eigenvalue weighted by Gasteiger charge is -2.07. The van der Waals surface area contributed by atoms with E-state index in [4.69, 9.17) is 5.21 Å². The molecule has 1 amide bonds. The number of anilines is 1. The number of amides is 1. The van der Waals surface area contributed by atoms with Crippen molar-refractivity contribution in [3.63, 3.8) is 0 Å². The maximum absolute atomic E-state index is 12.2. The van der Waals surface area contributed by atoms with Gasteiger partial charge < -0.3 is 10.5 Å². The second-order valence-electron chi connectivity index (χ2n) is 4.68. The second kappa shape index (κ2) is 6.54. The molecule has 0 atom stereocenters. The monoisotopic (exact) mass is 346 g/mol. The molecule has 0 unspecified atom stereocenters.